The first-order valence-corrected chi connectivity index (χ1v) is 8.33. The third-order valence-corrected chi connectivity index (χ3v) is 5.01. The first-order valence-electron chi connectivity index (χ1n) is 8.33. The molecular formula is C16H26N4O2. The number of methoxy groups -OCH3 is 1. The predicted molar refractivity (Wildman–Crippen MR) is 83.7 cm³/mol. The lowest BCUT2D eigenvalue weighted by Crippen LogP contribution is -2.52. The Morgan fingerprint density at radius 2 is 2.00 bits per heavy atom. The van der Waals surface area contributed by atoms with E-state index in [1.807, 2.05) is 23.6 Å². The fourth-order valence-corrected chi connectivity index (χ4v) is 3.65. The molecule has 6 heteroatoms. The van der Waals surface area contributed by atoms with Crippen LogP contribution in [0.25, 0.3) is 0 Å². The summed E-state index contributed by atoms with van der Waals surface area (Å²) < 4.78 is 7.66. The zero-order valence-electron chi connectivity index (χ0n) is 13.3. The average Bonchev–Trinajstić information content (AvgIpc) is 3.10. The Morgan fingerprint density at radius 1 is 1.23 bits per heavy atom. The molecular weight excluding hydrogens is 280 g/mol. The maximum atomic E-state index is 12.5. The molecule has 2 heterocycles. The van der Waals surface area contributed by atoms with Gasteiger partial charge in [0.05, 0.1) is 18.5 Å². The van der Waals surface area contributed by atoms with Crippen LogP contribution in [0.1, 0.15) is 44.6 Å². The van der Waals surface area contributed by atoms with Gasteiger partial charge in [-0.2, -0.15) is 0 Å². The molecule has 0 bridgehead atoms. The molecule has 1 aromatic rings. The molecule has 1 saturated heterocycles. The largest absolute Gasteiger partial charge is 0.379 e. The minimum Gasteiger partial charge on any atom is -0.379 e. The van der Waals surface area contributed by atoms with E-state index in [2.05, 4.69) is 14.9 Å². The molecule has 1 N–H and O–H groups in total. The SMILES string of the molecule is CO[C@@H]1CCCC[C@H]1NC(=O)N1CCC(n2ccnc2)CC1. The van der Waals surface area contributed by atoms with E-state index in [4.69, 9.17) is 4.74 Å². The molecule has 3 rings (SSSR count). The highest BCUT2D eigenvalue weighted by Gasteiger charge is 2.29. The van der Waals surface area contributed by atoms with E-state index < -0.39 is 0 Å². The number of likely N-dealkylation sites (tertiary alicyclic amines) is 1. The summed E-state index contributed by atoms with van der Waals surface area (Å²) in [5.74, 6) is 0. The summed E-state index contributed by atoms with van der Waals surface area (Å²) in [7, 11) is 1.74. The molecule has 0 radical (unpaired) electrons. The van der Waals surface area contributed by atoms with Gasteiger partial charge in [0, 0.05) is 38.6 Å². The van der Waals surface area contributed by atoms with Crippen LogP contribution in [-0.2, 0) is 4.74 Å². The molecule has 0 aromatic carbocycles. The van der Waals surface area contributed by atoms with Gasteiger partial charge < -0.3 is 19.5 Å². The highest BCUT2D eigenvalue weighted by atomic mass is 16.5. The number of hydrogen-bond acceptors (Lipinski definition) is 3. The number of amides is 2. The molecule has 1 aliphatic carbocycles. The molecule has 2 amide bonds. The van der Waals surface area contributed by atoms with E-state index in [0.29, 0.717) is 6.04 Å². The van der Waals surface area contributed by atoms with E-state index in [0.717, 1.165) is 38.8 Å². The second-order valence-electron chi connectivity index (χ2n) is 6.34. The van der Waals surface area contributed by atoms with Crippen molar-refractivity contribution in [1.82, 2.24) is 19.8 Å². The van der Waals surface area contributed by atoms with Crippen molar-refractivity contribution in [2.24, 2.45) is 0 Å². The summed E-state index contributed by atoms with van der Waals surface area (Å²) in [5, 5.41) is 3.18. The van der Waals surface area contributed by atoms with Crippen LogP contribution in [0, 0.1) is 0 Å². The number of piperidine rings is 1. The van der Waals surface area contributed by atoms with Gasteiger partial charge in [-0.3, -0.25) is 0 Å². The second kappa shape index (κ2) is 7.13. The second-order valence-corrected chi connectivity index (χ2v) is 6.34. The fourth-order valence-electron chi connectivity index (χ4n) is 3.65. The molecule has 6 nitrogen and oxygen atoms in total. The minimum atomic E-state index is 0.0676. The lowest BCUT2D eigenvalue weighted by atomic mass is 9.92. The van der Waals surface area contributed by atoms with Crippen LogP contribution in [-0.4, -0.2) is 52.8 Å². The van der Waals surface area contributed by atoms with Crippen molar-refractivity contribution in [2.45, 2.75) is 56.7 Å². The van der Waals surface area contributed by atoms with Crippen molar-refractivity contribution in [3.8, 4) is 0 Å². The van der Waals surface area contributed by atoms with Crippen molar-refractivity contribution in [1.29, 1.82) is 0 Å². The lowest BCUT2D eigenvalue weighted by molar-refractivity contribution is 0.0424. The van der Waals surface area contributed by atoms with Crippen LogP contribution in [0.15, 0.2) is 18.7 Å². The number of nitrogens with zero attached hydrogens (tertiary/aromatic N) is 3. The fraction of sp³-hybridized carbons (Fsp3) is 0.750. The Kier molecular flexibility index (Phi) is 4.97. The number of imidazole rings is 1. The number of carbonyl (C=O) groups excluding carboxylic acids is 1. The molecule has 122 valence electrons. The first kappa shape index (κ1) is 15.3. The summed E-state index contributed by atoms with van der Waals surface area (Å²) in [4.78, 5) is 18.5. The number of hydrogen-bond donors (Lipinski definition) is 1. The van der Waals surface area contributed by atoms with Crippen LogP contribution >= 0.6 is 0 Å². The van der Waals surface area contributed by atoms with Gasteiger partial charge in [-0.1, -0.05) is 12.8 Å². The third-order valence-electron chi connectivity index (χ3n) is 5.01. The van der Waals surface area contributed by atoms with Gasteiger partial charge in [0.25, 0.3) is 0 Å². The normalized spacial score (nSPS) is 26.9. The highest BCUT2D eigenvalue weighted by molar-refractivity contribution is 5.74. The maximum Gasteiger partial charge on any atom is 0.317 e. The highest BCUT2D eigenvalue weighted by Crippen LogP contribution is 2.24. The number of urea groups is 1. The molecule has 22 heavy (non-hydrogen) atoms. The lowest BCUT2D eigenvalue weighted by Gasteiger charge is -2.36. The van der Waals surface area contributed by atoms with Crippen molar-refractivity contribution >= 4 is 6.03 Å². The Bertz CT molecular complexity index is 469. The predicted octanol–water partition coefficient (Wildman–Crippen LogP) is 2.19. The number of carbonyl (C=O) groups is 1. The summed E-state index contributed by atoms with van der Waals surface area (Å²) in [6.07, 6.45) is 12.3. The molecule has 1 aromatic heterocycles. The quantitative estimate of drug-likeness (QED) is 0.931. The van der Waals surface area contributed by atoms with Crippen LogP contribution in [0.3, 0.4) is 0 Å². The van der Waals surface area contributed by atoms with Gasteiger partial charge in [-0.25, -0.2) is 9.78 Å². The van der Waals surface area contributed by atoms with Gasteiger partial charge in [0.2, 0.25) is 0 Å². The molecule has 0 spiro atoms. The third kappa shape index (κ3) is 3.43. The van der Waals surface area contributed by atoms with Crippen molar-refractivity contribution in [3.05, 3.63) is 18.7 Å². The van der Waals surface area contributed by atoms with E-state index in [1.54, 1.807) is 7.11 Å². The van der Waals surface area contributed by atoms with E-state index in [-0.39, 0.29) is 18.2 Å². The average molecular weight is 306 g/mol. The van der Waals surface area contributed by atoms with Crippen molar-refractivity contribution in [2.75, 3.05) is 20.2 Å². The number of aromatic nitrogens is 2. The summed E-state index contributed by atoms with van der Waals surface area (Å²) in [6.45, 7) is 1.61. The molecule has 2 fully saturated rings. The smallest absolute Gasteiger partial charge is 0.317 e. The number of nitrogens with one attached hydrogen (secondary N) is 1. The summed E-state index contributed by atoms with van der Waals surface area (Å²) in [5.41, 5.74) is 0. The molecule has 2 aliphatic rings. The zero-order valence-corrected chi connectivity index (χ0v) is 13.3. The Balaban J connectivity index is 1.49. The first-order chi connectivity index (χ1) is 10.8. The summed E-state index contributed by atoms with van der Waals surface area (Å²) in [6, 6.07) is 0.698. The van der Waals surface area contributed by atoms with Crippen molar-refractivity contribution < 1.29 is 9.53 Å². The number of ether oxygens (including phenoxy) is 1. The van der Waals surface area contributed by atoms with E-state index in [9.17, 15) is 4.79 Å². The molecule has 1 saturated carbocycles. The van der Waals surface area contributed by atoms with Crippen LogP contribution in [0.4, 0.5) is 4.79 Å². The van der Waals surface area contributed by atoms with Gasteiger partial charge in [0.15, 0.2) is 0 Å². The standard InChI is InChI=1S/C16H26N4O2/c1-22-15-5-3-2-4-14(15)18-16(21)19-9-6-13(7-10-19)20-11-8-17-12-20/h8,11-15H,2-7,9-10H2,1H3,(H,18,21)/t14-,15-/m1/s1. The van der Waals surface area contributed by atoms with Gasteiger partial charge in [-0.05, 0) is 25.7 Å². The number of rotatable bonds is 3. The molecule has 1 aliphatic heterocycles. The van der Waals surface area contributed by atoms with E-state index >= 15 is 0 Å². The zero-order chi connectivity index (χ0) is 15.4. The van der Waals surface area contributed by atoms with Crippen LogP contribution in [0.2, 0.25) is 0 Å². The summed E-state index contributed by atoms with van der Waals surface area (Å²) >= 11 is 0. The molecule has 2 atom stereocenters. The monoisotopic (exact) mass is 306 g/mol. The topological polar surface area (TPSA) is 59.4 Å². The van der Waals surface area contributed by atoms with Gasteiger partial charge >= 0.3 is 6.03 Å². The maximum absolute atomic E-state index is 12.5. The van der Waals surface area contributed by atoms with Gasteiger partial charge in [-0.15, -0.1) is 0 Å². The Labute approximate surface area is 131 Å². The Hall–Kier alpha value is -1.56. The molecule has 0 unspecified atom stereocenters. The van der Waals surface area contributed by atoms with Gasteiger partial charge in [0.1, 0.15) is 0 Å². The van der Waals surface area contributed by atoms with Crippen LogP contribution < -0.4 is 5.32 Å². The Morgan fingerprint density at radius 3 is 2.68 bits per heavy atom. The van der Waals surface area contributed by atoms with Crippen LogP contribution in [0.5, 0.6) is 0 Å². The van der Waals surface area contributed by atoms with E-state index in [1.165, 1.54) is 12.8 Å². The van der Waals surface area contributed by atoms with Crippen molar-refractivity contribution in [3.63, 3.8) is 0 Å². The minimum absolute atomic E-state index is 0.0676.